The van der Waals surface area contributed by atoms with Crippen molar-refractivity contribution in [2.24, 2.45) is 0 Å². The van der Waals surface area contributed by atoms with Crippen LogP contribution in [0.2, 0.25) is 0 Å². The number of hydrogen-bond donors (Lipinski definition) is 0. The van der Waals surface area contributed by atoms with Gasteiger partial charge in [0.05, 0.1) is 47.5 Å². The van der Waals surface area contributed by atoms with Gasteiger partial charge in [-0.05, 0) is 52.0 Å². The van der Waals surface area contributed by atoms with Crippen molar-refractivity contribution in [2.45, 2.75) is 46.3 Å². The number of para-hydroxylation sites is 1. The number of amides is 1. The lowest BCUT2D eigenvalue weighted by atomic mass is 10.1. The average molecular weight is 415 g/mol. The van der Waals surface area contributed by atoms with Crippen LogP contribution in [0.3, 0.4) is 0 Å². The first-order valence-electron chi connectivity index (χ1n) is 10.5. The number of carbonyl (C=O) groups excluding carboxylic acids is 1. The molecule has 7 heteroatoms. The van der Waals surface area contributed by atoms with Gasteiger partial charge in [0.25, 0.3) is 5.91 Å². The molecule has 0 unspecified atom stereocenters. The van der Waals surface area contributed by atoms with Crippen LogP contribution in [0.4, 0.5) is 0 Å². The lowest BCUT2D eigenvalue weighted by molar-refractivity contribution is 0.0747. The molecule has 158 valence electrons. The van der Waals surface area contributed by atoms with Gasteiger partial charge in [-0.25, -0.2) is 9.36 Å². The Balaban J connectivity index is 1.47. The van der Waals surface area contributed by atoms with Crippen molar-refractivity contribution < 1.29 is 4.79 Å². The Kier molecular flexibility index (Phi) is 4.36. The van der Waals surface area contributed by atoms with Crippen LogP contribution in [0.15, 0.2) is 61.1 Å². The molecule has 1 aliphatic rings. The van der Waals surface area contributed by atoms with Crippen molar-refractivity contribution in [3.63, 3.8) is 0 Å². The van der Waals surface area contributed by atoms with E-state index in [-0.39, 0.29) is 11.4 Å². The third-order valence-corrected chi connectivity index (χ3v) is 5.74. The van der Waals surface area contributed by atoms with Gasteiger partial charge >= 0.3 is 0 Å². The van der Waals surface area contributed by atoms with Gasteiger partial charge in [-0.1, -0.05) is 18.2 Å². The average Bonchev–Trinajstić information content (AvgIpc) is 3.50. The minimum Gasteiger partial charge on any atom is -0.328 e. The molecule has 1 amide bonds. The molecule has 0 N–H and O–H groups in total. The van der Waals surface area contributed by atoms with Gasteiger partial charge in [-0.2, -0.15) is 10.2 Å². The second kappa shape index (κ2) is 6.97. The maximum Gasteiger partial charge on any atom is 0.257 e. The van der Waals surface area contributed by atoms with Crippen LogP contribution in [0.5, 0.6) is 0 Å². The monoisotopic (exact) mass is 414 g/mol. The van der Waals surface area contributed by atoms with Crippen molar-refractivity contribution in [3.8, 4) is 11.5 Å². The van der Waals surface area contributed by atoms with E-state index in [1.807, 2.05) is 71.4 Å². The third-order valence-electron chi connectivity index (χ3n) is 5.74. The number of aromatic nitrogens is 5. The number of nitrogens with zero attached hydrogens (tertiary/aromatic N) is 6. The summed E-state index contributed by atoms with van der Waals surface area (Å²) in [6.45, 7) is 9.41. The van der Waals surface area contributed by atoms with Gasteiger partial charge in [0, 0.05) is 18.0 Å². The molecule has 31 heavy (non-hydrogen) atoms. The molecule has 3 aromatic heterocycles. The molecule has 0 bridgehead atoms. The lowest BCUT2D eigenvalue weighted by Gasteiger charge is -2.24. The predicted octanol–water partition coefficient (Wildman–Crippen LogP) is 4.08. The lowest BCUT2D eigenvalue weighted by Crippen LogP contribution is -2.30. The molecule has 4 heterocycles. The van der Waals surface area contributed by atoms with Crippen LogP contribution in [0.1, 0.15) is 48.1 Å². The Morgan fingerprint density at radius 1 is 1.00 bits per heavy atom. The largest absolute Gasteiger partial charge is 0.328 e. The van der Waals surface area contributed by atoms with Crippen molar-refractivity contribution in [3.05, 3.63) is 83.6 Å². The van der Waals surface area contributed by atoms with E-state index < -0.39 is 0 Å². The molecule has 5 rings (SSSR count). The van der Waals surface area contributed by atoms with Gasteiger partial charge in [-0.3, -0.25) is 4.79 Å². The van der Waals surface area contributed by atoms with Crippen LogP contribution >= 0.6 is 0 Å². The smallest absolute Gasteiger partial charge is 0.257 e. The summed E-state index contributed by atoms with van der Waals surface area (Å²) < 4.78 is 5.97. The zero-order chi connectivity index (χ0) is 21.8. The number of rotatable bonds is 3. The molecule has 7 nitrogen and oxygen atoms in total. The Morgan fingerprint density at radius 3 is 2.39 bits per heavy atom. The molecule has 0 fully saturated rings. The topological polar surface area (TPSA) is 60.9 Å². The zero-order valence-electron chi connectivity index (χ0n) is 18.3. The van der Waals surface area contributed by atoms with Crippen molar-refractivity contribution in [1.82, 2.24) is 29.0 Å². The summed E-state index contributed by atoms with van der Waals surface area (Å²) in [6.07, 6.45) is 5.72. The molecular formula is C24H26N6O. The van der Waals surface area contributed by atoms with E-state index in [1.165, 1.54) is 0 Å². The maximum atomic E-state index is 13.4. The van der Waals surface area contributed by atoms with E-state index in [4.69, 9.17) is 5.10 Å². The second-order valence-corrected chi connectivity index (χ2v) is 8.97. The quantitative estimate of drug-likeness (QED) is 0.508. The first-order valence-corrected chi connectivity index (χ1v) is 10.5. The van der Waals surface area contributed by atoms with Crippen LogP contribution in [-0.2, 0) is 18.6 Å². The Morgan fingerprint density at radius 2 is 1.71 bits per heavy atom. The summed E-state index contributed by atoms with van der Waals surface area (Å²) in [6, 6.07) is 13.9. The Labute approximate surface area is 181 Å². The highest BCUT2D eigenvalue weighted by Crippen LogP contribution is 2.33. The number of hydrogen-bond acceptors (Lipinski definition) is 3. The van der Waals surface area contributed by atoms with Crippen molar-refractivity contribution in [1.29, 1.82) is 0 Å². The molecule has 0 saturated heterocycles. The first kappa shape index (κ1) is 19.4. The van der Waals surface area contributed by atoms with E-state index in [0.29, 0.717) is 18.7 Å². The molecule has 1 aromatic carbocycles. The number of carbonyl (C=O) groups is 1. The summed E-state index contributed by atoms with van der Waals surface area (Å²) in [7, 11) is 0. The molecule has 0 spiro atoms. The fraction of sp³-hybridized carbons (Fsp3) is 0.292. The van der Waals surface area contributed by atoms with Gasteiger partial charge in [0.1, 0.15) is 5.82 Å². The summed E-state index contributed by atoms with van der Waals surface area (Å²) >= 11 is 0. The highest BCUT2D eigenvalue weighted by Gasteiger charge is 2.34. The molecule has 0 radical (unpaired) electrons. The molecular weight excluding hydrogens is 388 g/mol. The summed E-state index contributed by atoms with van der Waals surface area (Å²) in [5.41, 5.74) is 4.31. The Bertz CT molecular complexity index is 1240. The van der Waals surface area contributed by atoms with Gasteiger partial charge in [0.15, 0.2) is 0 Å². The van der Waals surface area contributed by atoms with Gasteiger partial charge < -0.3 is 9.47 Å². The number of fused-ring (bicyclic) bond motifs is 1. The van der Waals surface area contributed by atoms with E-state index in [9.17, 15) is 4.79 Å². The van der Waals surface area contributed by atoms with E-state index in [0.717, 1.165) is 28.5 Å². The molecule has 0 aliphatic carbocycles. The summed E-state index contributed by atoms with van der Waals surface area (Å²) in [5, 5.41) is 9.37. The van der Waals surface area contributed by atoms with Gasteiger partial charge in [0.2, 0.25) is 0 Å². The van der Waals surface area contributed by atoms with Crippen LogP contribution < -0.4 is 0 Å². The first-order chi connectivity index (χ1) is 14.8. The second-order valence-electron chi connectivity index (χ2n) is 8.97. The third kappa shape index (κ3) is 3.17. The minimum atomic E-state index is -0.161. The summed E-state index contributed by atoms with van der Waals surface area (Å²) in [5.74, 6) is 1.01. The normalized spacial score (nSPS) is 13.6. The van der Waals surface area contributed by atoms with Crippen LogP contribution in [0, 0.1) is 6.92 Å². The van der Waals surface area contributed by atoms with E-state index in [2.05, 4.69) is 35.1 Å². The highest BCUT2D eigenvalue weighted by atomic mass is 16.2. The van der Waals surface area contributed by atoms with Gasteiger partial charge in [-0.15, -0.1) is 0 Å². The fourth-order valence-corrected chi connectivity index (χ4v) is 4.17. The Hall–Kier alpha value is -3.61. The van der Waals surface area contributed by atoms with Crippen molar-refractivity contribution in [2.75, 3.05) is 0 Å². The fourth-order valence-electron chi connectivity index (χ4n) is 4.17. The van der Waals surface area contributed by atoms with Crippen LogP contribution in [-0.4, -0.2) is 34.9 Å². The van der Waals surface area contributed by atoms with Crippen molar-refractivity contribution >= 4 is 5.91 Å². The SMILES string of the molecule is Cc1c(C(=O)N2Cc3nn(C(C)(C)C)c(-n4cccc4)c3C2)cnn1-c1ccccc1. The van der Waals surface area contributed by atoms with Crippen LogP contribution in [0.25, 0.3) is 11.5 Å². The molecule has 1 aliphatic heterocycles. The molecule has 0 saturated carbocycles. The molecule has 4 aromatic rings. The minimum absolute atomic E-state index is 0.0153. The van der Waals surface area contributed by atoms with E-state index in [1.54, 1.807) is 6.20 Å². The molecule has 0 atom stereocenters. The number of benzene rings is 1. The summed E-state index contributed by atoms with van der Waals surface area (Å²) in [4.78, 5) is 15.2. The highest BCUT2D eigenvalue weighted by molar-refractivity contribution is 5.95. The zero-order valence-corrected chi connectivity index (χ0v) is 18.3. The standard InChI is InChI=1S/C24H26N6O/c1-17-19(14-25-29(17)18-10-6-5-7-11-18)23(31)28-15-20-21(16-28)26-30(24(2,3)4)22(20)27-12-8-9-13-27/h5-14H,15-16H2,1-4H3. The predicted molar refractivity (Wildman–Crippen MR) is 118 cm³/mol. The maximum absolute atomic E-state index is 13.4. The van der Waals surface area contributed by atoms with E-state index >= 15 is 0 Å².